The molecule has 1 atom stereocenters. The molecule has 4 nitrogen and oxygen atoms in total. The van der Waals surface area contributed by atoms with E-state index in [1.54, 1.807) is 19.2 Å². The third-order valence-corrected chi connectivity index (χ3v) is 3.99. The van der Waals surface area contributed by atoms with Crippen LogP contribution in [0, 0.1) is 17.2 Å². The number of nitriles is 1. The summed E-state index contributed by atoms with van der Waals surface area (Å²) in [7, 11) is 1.55. The van der Waals surface area contributed by atoms with E-state index in [4.69, 9.17) is 26.3 Å². The van der Waals surface area contributed by atoms with Crippen LogP contribution in [0.3, 0.4) is 0 Å². The predicted octanol–water partition coefficient (Wildman–Crippen LogP) is 2.99. The van der Waals surface area contributed by atoms with Gasteiger partial charge in [0.2, 0.25) is 0 Å². The van der Waals surface area contributed by atoms with E-state index in [0.717, 1.165) is 25.9 Å². The van der Waals surface area contributed by atoms with Crippen LogP contribution < -0.4 is 14.8 Å². The Balaban J connectivity index is 2.17. The van der Waals surface area contributed by atoms with E-state index in [2.05, 4.69) is 18.3 Å². The minimum Gasteiger partial charge on any atom is -0.493 e. The smallest absolute Gasteiger partial charge is 0.180 e. The minimum absolute atomic E-state index is 0.0661. The molecule has 108 valence electrons. The maximum Gasteiger partial charge on any atom is 0.180 e. The Kier molecular flexibility index (Phi) is 5.11. The van der Waals surface area contributed by atoms with Crippen LogP contribution in [0.5, 0.6) is 11.5 Å². The summed E-state index contributed by atoms with van der Waals surface area (Å²) < 4.78 is 11.3. The molecule has 0 aromatic heterocycles. The first kappa shape index (κ1) is 15.0. The Bertz CT molecular complexity index is 507. The van der Waals surface area contributed by atoms with Crippen molar-refractivity contribution in [3.63, 3.8) is 0 Å². The summed E-state index contributed by atoms with van der Waals surface area (Å²) in [5.74, 6) is 1.54. The highest BCUT2D eigenvalue weighted by molar-refractivity contribution is 6.32. The zero-order chi connectivity index (χ0) is 14.5. The summed E-state index contributed by atoms with van der Waals surface area (Å²) in [4.78, 5) is 0. The molecule has 1 aromatic rings. The molecule has 2 rings (SSSR count). The van der Waals surface area contributed by atoms with Gasteiger partial charge >= 0.3 is 0 Å². The Morgan fingerprint density at radius 1 is 1.40 bits per heavy atom. The minimum atomic E-state index is 0.0661. The van der Waals surface area contributed by atoms with Crippen molar-refractivity contribution in [3.05, 3.63) is 22.7 Å². The monoisotopic (exact) mass is 294 g/mol. The number of nitrogens with zero attached hydrogens (tertiary/aromatic N) is 1. The van der Waals surface area contributed by atoms with Gasteiger partial charge in [-0.25, -0.2) is 0 Å². The lowest BCUT2D eigenvalue weighted by molar-refractivity contribution is 0.124. The third kappa shape index (κ3) is 3.36. The average Bonchev–Trinajstić information content (AvgIpc) is 2.49. The summed E-state index contributed by atoms with van der Waals surface area (Å²) in [6, 6.07) is 5.31. The van der Waals surface area contributed by atoms with E-state index in [0.29, 0.717) is 28.0 Å². The van der Waals surface area contributed by atoms with Crippen molar-refractivity contribution in [3.8, 4) is 17.6 Å². The van der Waals surface area contributed by atoms with Crippen molar-refractivity contribution >= 4 is 11.6 Å². The zero-order valence-electron chi connectivity index (χ0n) is 11.8. The molecule has 5 heteroatoms. The van der Waals surface area contributed by atoms with Gasteiger partial charge in [-0.05, 0) is 44.8 Å². The standard InChI is InChI=1S/C15H19ClN2O2/c1-10(12-3-5-18-6-4-12)20-15-13(16)7-11(9-17)8-14(15)19-2/h7-8,10,12,18H,3-6H2,1-2H3. The lowest BCUT2D eigenvalue weighted by atomic mass is 9.93. The molecule has 0 aliphatic carbocycles. The Morgan fingerprint density at radius 3 is 2.70 bits per heavy atom. The van der Waals surface area contributed by atoms with E-state index in [-0.39, 0.29) is 6.10 Å². The highest BCUT2D eigenvalue weighted by Gasteiger charge is 2.23. The first-order valence-electron chi connectivity index (χ1n) is 6.80. The number of hydrogen-bond acceptors (Lipinski definition) is 4. The van der Waals surface area contributed by atoms with E-state index >= 15 is 0 Å². The predicted molar refractivity (Wildman–Crippen MR) is 78.4 cm³/mol. The van der Waals surface area contributed by atoms with Crippen molar-refractivity contribution < 1.29 is 9.47 Å². The van der Waals surface area contributed by atoms with Crippen LogP contribution in [0.25, 0.3) is 0 Å². The number of piperidine rings is 1. The lowest BCUT2D eigenvalue weighted by Gasteiger charge is -2.29. The average molecular weight is 295 g/mol. The van der Waals surface area contributed by atoms with Gasteiger partial charge in [0.05, 0.1) is 29.9 Å². The number of benzene rings is 1. The van der Waals surface area contributed by atoms with Gasteiger partial charge in [0.25, 0.3) is 0 Å². The zero-order valence-corrected chi connectivity index (χ0v) is 12.5. The van der Waals surface area contributed by atoms with Gasteiger partial charge in [-0.15, -0.1) is 0 Å². The van der Waals surface area contributed by atoms with Crippen molar-refractivity contribution in [2.45, 2.75) is 25.9 Å². The van der Waals surface area contributed by atoms with E-state index < -0.39 is 0 Å². The topological polar surface area (TPSA) is 54.3 Å². The fraction of sp³-hybridized carbons (Fsp3) is 0.533. The van der Waals surface area contributed by atoms with Gasteiger partial charge < -0.3 is 14.8 Å². The van der Waals surface area contributed by atoms with E-state index in [1.807, 2.05) is 0 Å². The van der Waals surface area contributed by atoms with E-state index in [1.165, 1.54) is 0 Å². The summed E-state index contributed by atoms with van der Waals surface area (Å²) in [6.07, 6.45) is 2.26. The summed E-state index contributed by atoms with van der Waals surface area (Å²) in [5.41, 5.74) is 0.466. The maximum atomic E-state index is 8.95. The van der Waals surface area contributed by atoms with Crippen LogP contribution in [0.1, 0.15) is 25.3 Å². The number of nitrogens with one attached hydrogen (secondary N) is 1. The highest BCUT2D eigenvalue weighted by Crippen LogP contribution is 2.38. The summed E-state index contributed by atoms with van der Waals surface area (Å²) in [6.45, 7) is 4.11. The van der Waals surface area contributed by atoms with Crippen molar-refractivity contribution in [1.29, 1.82) is 5.26 Å². The van der Waals surface area contributed by atoms with Gasteiger partial charge in [-0.3, -0.25) is 0 Å². The highest BCUT2D eigenvalue weighted by atomic mass is 35.5. The van der Waals surface area contributed by atoms with Crippen molar-refractivity contribution in [1.82, 2.24) is 5.32 Å². The Morgan fingerprint density at radius 2 is 2.10 bits per heavy atom. The molecule has 0 bridgehead atoms. The van der Waals surface area contributed by atoms with Crippen LogP contribution in [0.2, 0.25) is 5.02 Å². The second-order valence-corrected chi connectivity index (χ2v) is 5.42. The molecule has 1 unspecified atom stereocenters. The largest absolute Gasteiger partial charge is 0.493 e. The summed E-state index contributed by atoms with van der Waals surface area (Å²) >= 11 is 6.21. The van der Waals surface area contributed by atoms with E-state index in [9.17, 15) is 0 Å². The molecule has 1 aromatic carbocycles. The molecule has 20 heavy (non-hydrogen) atoms. The molecule has 1 saturated heterocycles. The number of hydrogen-bond donors (Lipinski definition) is 1. The van der Waals surface area contributed by atoms with Gasteiger partial charge in [-0.1, -0.05) is 11.6 Å². The first-order chi connectivity index (χ1) is 9.65. The molecule has 0 radical (unpaired) electrons. The number of halogens is 1. The number of methoxy groups -OCH3 is 1. The maximum absolute atomic E-state index is 8.95. The van der Waals surface area contributed by atoms with Crippen molar-refractivity contribution in [2.24, 2.45) is 5.92 Å². The van der Waals surface area contributed by atoms with Crippen LogP contribution in [0.4, 0.5) is 0 Å². The molecular weight excluding hydrogens is 276 g/mol. The van der Waals surface area contributed by atoms with Gasteiger partial charge in [0, 0.05) is 6.07 Å². The van der Waals surface area contributed by atoms with Crippen LogP contribution in [-0.4, -0.2) is 26.3 Å². The molecule has 1 heterocycles. The molecule has 0 saturated carbocycles. The first-order valence-corrected chi connectivity index (χ1v) is 7.18. The summed E-state index contributed by atoms with van der Waals surface area (Å²) in [5, 5.41) is 12.7. The Hall–Kier alpha value is -1.44. The molecule has 1 aliphatic rings. The molecular formula is C15H19ClN2O2. The third-order valence-electron chi connectivity index (χ3n) is 3.71. The number of rotatable bonds is 4. The second-order valence-electron chi connectivity index (χ2n) is 5.01. The fourth-order valence-electron chi connectivity index (χ4n) is 2.49. The van der Waals surface area contributed by atoms with Gasteiger partial charge in [0.1, 0.15) is 0 Å². The van der Waals surface area contributed by atoms with Crippen LogP contribution in [0.15, 0.2) is 12.1 Å². The molecule has 1 N–H and O–H groups in total. The molecule has 0 spiro atoms. The fourth-order valence-corrected chi connectivity index (χ4v) is 2.75. The van der Waals surface area contributed by atoms with Gasteiger partial charge in [-0.2, -0.15) is 5.26 Å². The van der Waals surface area contributed by atoms with Crippen LogP contribution in [-0.2, 0) is 0 Å². The normalized spacial score (nSPS) is 17.3. The Labute approximate surface area is 124 Å². The molecule has 1 fully saturated rings. The second kappa shape index (κ2) is 6.83. The molecule has 0 amide bonds. The van der Waals surface area contributed by atoms with Gasteiger partial charge in [0.15, 0.2) is 11.5 Å². The van der Waals surface area contributed by atoms with Crippen LogP contribution >= 0.6 is 11.6 Å². The van der Waals surface area contributed by atoms with Crippen molar-refractivity contribution in [2.75, 3.05) is 20.2 Å². The molecule has 1 aliphatic heterocycles. The lowest BCUT2D eigenvalue weighted by Crippen LogP contribution is -2.35. The number of ether oxygens (including phenoxy) is 2. The SMILES string of the molecule is COc1cc(C#N)cc(Cl)c1OC(C)C1CCNCC1. The quantitative estimate of drug-likeness (QED) is 0.927.